The molecule has 2 N–H and O–H groups in total. The summed E-state index contributed by atoms with van der Waals surface area (Å²) in [5.41, 5.74) is 12.0. The Labute approximate surface area is 138 Å². The Balaban J connectivity index is 2.14. The summed E-state index contributed by atoms with van der Waals surface area (Å²) in [5, 5.41) is 0. The quantitative estimate of drug-likeness (QED) is 0.940. The van der Waals surface area contributed by atoms with Crippen LogP contribution in [0.4, 0.5) is 0 Å². The third-order valence-corrected chi connectivity index (χ3v) is 4.85. The summed E-state index contributed by atoms with van der Waals surface area (Å²) in [6.45, 7) is 6.22. The number of nitrogens with zero attached hydrogens (tertiary/aromatic N) is 1. The third kappa shape index (κ3) is 2.98. The second-order valence-electron chi connectivity index (χ2n) is 6.94. The van der Waals surface area contributed by atoms with Crippen molar-refractivity contribution in [3.8, 4) is 0 Å². The molecular formula is C20H26N2O. The van der Waals surface area contributed by atoms with Gasteiger partial charge in [-0.15, -0.1) is 0 Å². The van der Waals surface area contributed by atoms with Crippen molar-refractivity contribution < 1.29 is 0 Å². The number of aromatic nitrogens is 1. The van der Waals surface area contributed by atoms with Gasteiger partial charge < -0.3 is 10.3 Å². The van der Waals surface area contributed by atoms with E-state index in [9.17, 15) is 4.79 Å². The van der Waals surface area contributed by atoms with Crippen LogP contribution >= 0.6 is 0 Å². The van der Waals surface area contributed by atoms with Crippen LogP contribution in [0.1, 0.15) is 66.7 Å². The van der Waals surface area contributed by atoms with Gasteiger partial charge in [-0.2, -0.15) is 0 Å². The third-order valence-electron chi connectivity index (χ3n) is 4.85. The maximum absolute atomic E-state index is 13.0. The van der Waals surface area contributed by atoms with Gasteiger partial charge in [0.2, 0.25) is 0 Å². The van der Waals surface area contributed by atoms with Gasteiger partial charge in [-0.3, -0.25) is 4.79 Å². The molecule has 3 rings (SSSR count). The van der Waals surface area contributed by atoms with Crippen LogP contribution in [0.5, 0.6) is 0 Å². The summed E-state index contributed by atoms with van der Waals surface area (Å²) in [4.78, 5) is 13.0. The zero-order valence-electron chi connectivity index (χ0n) is 14.3. The molecule has 1 aromatic carbocycles. The SMILES string of the molecule is Cc1ccc(C(N)c2cc3c(n(C(C)C)c2=O)CCCC3)cc1. The van der Waals surface area contributed by atoms with Crippen molar-refractivity contribution in [1.29, 1.82) is 0 Å². The lowest BCUT2D eigenvalue weighted by Gasteiger charge is -2.26. The largest absolute Gasteiger partial charge is 0.320 e. The highest BCUT2D eigenvalue weighted by atomic mass is 16.1. The van der Waals surface area contributed by atoms with Crippen molar-refractivity contribution >= 4 is 0 Å². The first-order valence-corrected chi connectivity index (χ1v) is 8.58. The number of hydrogen-bond acceptors (Lipinski definition) is 2. The summed E-state index contributed by atoms with van der Waals surface area (Å²) < 4.78 is 1.97. The Kier molecular flexibility index (Phi) is 4.40. The lowest BCUT2D eigenvalue weighted by atomic mass is 9.91. The second kappa shape index (κ2) is 6.32. The number of nitrogens with two attached hydrogens (primary N) is 1. The van der Waals surface area contributed by atoms with E-state index in [4.69, 9.17) is 5.73 Å². The maximum Gasteiger partial charge on any atom is 0.256 e. The first kappa shape index (κ1) is 16.0. The zero-order chi connectivity index (χ0) is 16.6. The molecular weight excluding hydrogens is 284 g/mol. The van der Waals surface area contributed by atoms with Crippen LogP contribution in [-0.4, -0.2) is 4.57 Å². The van der Waals surface area contributed by atoms with Gasteiger partial charge in [0.25, 0.3) is 5.56 Å². The van der Waals surface area contributed by atoms with E-state index < -0.39 is 0 Å². The van der Waals surface area contributed by atoms with Crippen LogP contribution in [0, 0.1) is 6.92 Å². The predicted molar refractivity (Wildman–Crippen MR) is 94.9 cm³/mol. The van der Waals surface area contributed by atoms with E-state index in [1.54, 1.807) is 0 Å². The van der Waals surface area contributed by atoms with Crippen molar-refractivity contribution in [3.05, 3.63) is 68.6 Å². The number of aryl methyl sites for hydroxylation is 2. The molecule has 0 fully saturated rings. The Morgan fingerprint density at radius 3 is 2.39 bits per heavy atom. The second-order valence-corrected chi connectivity index (χ2v) is 6.94. The summed E-state index contributed by atoms with van der Waals surface area (Å²) in [7, 11) is 0. The van der Waals surface area contributed by atoms with Crippen molar-refractivity contribution in [2.45, 2.75) is 58.5 Å². The Hall–Kier alpha value is -1.87. The molecule has 1 unspecified atom stereocenters. The molecule has 0 saturated heterocycles. The number of benzene rings is 1. The molecule has 3 heteroatoms. The van der Waals surface area contributed by atoms with Gasteiger partial charge in [-0.25, -0.2) is 0 Å². The monoisotopic (exact) mass is 310 g/mol. The molecule has 122 valence electrons. The van der Waals surface area contributed by atoms with Gasteiger partial charge in [-0.1, -0.05) is 29.8 Å². The van der Waals surface area contributed by atoms with Crippen LogP contribution < -0.4 is 11.3 Å². The van der Waals surface area contributed by atoms with E-state index in [2.05, 4.69) is 39.0 Å². The normalized spacial score (nSPS) is 15.5. The van der Waals surface area contributed by atoms with Crippen molar-refractivity contribution in [2.24, 2.45) is 5.73 Å². The standard InChI is InChI=1S/C20H26N2O/c1-13(2)22-18-7-5-4-6-16(18)12-17(20(22)23)19(21)15-10-8-14(3)9-11-15/h8-13,19H,4-7,21H2,1-3H3. The summed E-state index contributed by atoms with van der Waals surface area (Å²) in [5.74, 6) is 0. The number of rotatable bonds is 3. The average Bonchev–Trinajstić information content (AvgIpc) is 2.54. The Bertz CT molecular complexity index is 756. The van der Waals surface area contributed by atoms with E-state index in [1.807, 2.05) is 16.7 Å². The molecule has 1 aliphatic rings. The van der Waals surface area contributed by atoms with E-state index in [1.165, 1.54) is 29.7 Å². The van der Waals surface area contributed by atoms with E-state index >= 15 is 0 Å². The molecule has 1 heterocycles. The molecule has 0 saturated carbocycles. The van der Waals surface area contributed by atoms with Gasteiger partial charge in [0.15, 0.2) is 0 Å². The highest BCUT2D eigenvalue weighted by molar-refractivity contribution is 5.36. The molecule has 0 spiro atoms. The van der Waals surface area contributed by atoms with E-state index in [0.717, 1.165) is 24.0 Å². The van der Waals surface area contributed by atoms with Gasteiger partial charge in [-0.05, 0) is 63.6 Å². The molecule has 2 aromatic rings. The fraction of sp³-hybridized carbons (Fsp3) is 0.450. The van der Waals surface area contributed by atoms with Gasteiger partial charge in [0.1, 0.15) is 0 Å². The van der Waals surface area contributed by atoms with Crippen LogP contribution in [0.15, 0.2) is 35.1 Å². The maximum atomic E-state index is 13.0. The Morgan fingerprint density at radius 1 is 1.09 bits per heavy atom. The van der Waals surface area contributed by atoms with Gasteiger partial charge >= 0.3 is 0 Å². The minimum absolute atomic E-state index is 0.0775. The van der Waals surface area contributed by atoms with Crippen LogP contribution in [0.2, 0.25) is 0 Å². The predicted octanol–water partition coefficient (Wildman–Crippen LogP) is 3.66. The van der Waals surface area contributed by atoms with Crippen molar-refractivity contribution in [3.63, 3.8) is 0 Å². The number of hydrogen-bond donors (Lipinski definition) is 1. The van der Waals surface area contributed by atoms with Crippen molar-refractivity contribution in [2.75, 3.05) is 0 Å². The highest BCUT2D eigenvalue weighted by Crippen LogP contribution is 2.26. The first-order valence-electron chi connectivity index (χ1n) is 8.58. The van der Waals surface area contributed by atoms with Gasteiger partial charge in [0.05, 0.1) is 6.04 Å². The molecule has 0 radical (unpaired) electrons. The fourth-order valence-electron chi connectivity index (χ4n) is 3.58. The minimum atomic E-state index is -0.361. The number of pyridine rings is 1. The topological polar surface area (TPSA) is 48.0 Å². The first-order chi connectivity index (χ1) is 11.0. The molecule has 0 amide bonds. The smallest absolute Gasteiger partial charge is 0.256 e. The van der Waals surface area contributed by atoms with E-state index in [0.29, 0.717) is 0 Å². The molecule has 1 aromatic heterocycles. The van der Waals surface area contributed by atoms with Crippen LogP contribution in [-0.2, 0) is 12.8 Å². The Morgan fingerprint density at radius 2 is 1.74 bits per heavy atom. The molecule has 0 aliphatic heterocycles. The molecule has 1 atom stereocenters. The lowest BCUT2D eigenvalue weighted by Crippen LogP contribution is -2.34. The van der Waals surface area contributed by atoms with Crippen LogP contribution in [0.25, 0.3) is 0 Å². The molecule has 0 bridgehead atoms. The van der Waals surface area contributed by atoms with Gasteiger partial charge in [0, 0.05) is 17.3 Å². The summed E-state index contributed by atoms with van der Waals surface area (Å²) >= 11 is 0. The molecule has 23 heavy (non-hydrogen) atoms. The fourth-order valence-corrected chi connectivity index (χ4v) is 3.58. The van der Waals surface area contributed by atoms with Crippen molar-refractivity contribution in [1.82, 2.24) is 4.57 Å². The summed E-state index contributed by atoms with van der Waals surface area (Å²) in [6, 6.07) is 10.0. The lowest BCUT2D eigenvalue weighted by molar-refractivity contribution is 0.512. The number of fused-ring (bicyclic) bond motifs is 1. The van der Waals surface area contributed by atoms with E-state index in [-0.39, 0.29) is 17.6 Å². The summed E-state index contributed by atoms with van der Waals surface area (Å²) in [6.07, 6.45) is 4.42. The van der Waals surface area contributed by atoms with Crippen LogP contribution in [0.3, 0.4) is 0 Å². The molecule has 1 aliphatic carbocycles. The zero-order valence-corrected chi connectivity index (χ0v) is 14.3. The molecule has 3 nitrogen and oxygen atoms in total. The highest BCUT2D eigenvalue weighted by Gasteiger charge is 2.22. The average molecular weight is 310 g/mol. The minimum Gasteiger partial charge on any atom is -0.320 e.